The smallest absolute Gasteiger partial charge is 0.165 e. The van der Waals surface area contributed by atoms with Gasteiger partial charge < -0.3 is 15.4 Å². The number of halogens is 1. The summed E-state index contributed by atoms with van der Waals surface area (Å²) in [5, 5.41) is 0. The van der Waals surface area contributed by atoms with Crippen molar-refractivity contribution in [2.75, 3.05) is 32.2 Å². The standard InChI is InChI=1S/C10H16FN3O/c1-14(6-8(12)7-15-2)10-9(11)4-3-5-13-10/h3-5,8H,6-7,12H2,1-2H3. The minimum Gasteiger partial charge on any atom is -0.383 e. The molecule has 0 saturated heterocycles. The van der Waals surface area contributed by atoms with Crippen LogP contribution in [0.2, 0.25) is 0 Å². The number of hydrogen-bond donors (Lipinski definition) is 1. The zero-order valence-electron chi connectivity index (χ0n) is 8.98. The molecule has 0 saturated carbocycles. The van der Waals surface area contributed by atoms with E-state index < -0.39 is 0 Å². The fourth-order valence-corrected chi connectivity index (χ4v) is 1.36. The number of likely N-dealkylation sites (N-methyl/N-ethyl adjacent to an activating group) is 1. The number of pyridine rings is 1. The highest BCUT2D eigenvalue weighted by atomic mass is 19.1. The zero-order chi connectivity index (χ0) is 11.3. The summed E-state index contributed by atoms with van der Waals surface area (Å²) in [6, 6.07) is 2.78. The summed E-state index contributed by atoms with van der Waals surface area (Å²) < 4.78 is 18.2. The van der Waals surface area contributed by atoms with E-state index in [-0.39, 0.29) is 11.9 Å². The molecule has 0 aliphatic carbocycles. The third-order valence-corrected chi connectivity index (χ3v) is 1.99. The van der Waals surface area contributed by atoms with Gasteiger partial charge in [-0.05, 0) is 12.1 Å². The van der Waals surface area contributed by atoms with E-state index in [9.17, 15) is 4.39 Å². The molecule has 1 aromatic heterocycles. The van der Waals surface area contributed by atoms with Crippen LogP contribution in [0.3, 0.4) is 0 Å². The summed E-state index contributed by atoms with van der Waals surface area (Å²) in [6.07, 6.45) is 1.55. The molecule has 2 N–H and O–H groups in total. The van der Waals surface area contributed by atoms with Gasteiger partial charge in [0.25, 0.3) is 0 Å². The van der Waals surface area contributed by atoms with Gasteiger partial charge in [-0.2, -0.15) is 0 Å². The average molecular weight is 213 g/mol. The minimum absolute atomic E-state index is 0.151. The van der Waals surface area contributed by atoms with Gasteiger partial charge in [0.1, 0.15) is 0 Å². The molecule has 15 heavy (non-hydrogen) atoms. The Balaban J connectivity index is 2.61. The van der Waals surface area contributed by atoms with Gasteiger partial charge in [0.15, 0.2) is 11.6 Å². The van der Waals surface area contributed by atoms with E-state index in [1.54, 1.807) is 31.3 Å². The Morgan fingerprint density at radius 2 is 2.40 bits per heavy atom. The van der Waals surface area contributed by atoms with E-state index in [1.807, 2.05) is 0 Å². The summed E-state index contributed by atoms with van der Waals surface area (Å²) in [4.78, 5) is 5.63. The van der Waals surface area contributed by atoms with Crippen LogP contribution in [0.15, 0.2) is 18.3 Å². The van der Waals surface area contributed by atoms with Gasteiger partial charge in [0.05, 0.1) is 6.61 Å². The lowest BCUT2D eigenvalue weighted by Crippen LogP contribution is -2.39. The van der Waals surface area contributed by atoms with Gasteiger partial charge in [-0.15, -0.1) is 0 Å². The maximum Gasteiger partial charge on any atom is 0.165 e. The molecule has 1 unspecified atom stereocenters. The van der Waals surface area contributed by atoms with Crippen LogP contribution in [0.25, 0.3) is 0 Å². The fraction of sp³-hybridized carbons (Fsp3) is 0.500. The lowest BCUT2D eigenvalue weighted by molar-refractivity contribution is 0.181. The van der Waals surface area contributed by atoms with Gasteiger partial charge in [0, 0.05) is 32.9 Å². The molecule has 4 nitrogen and oxygen atoms in total. The second kappa shape index (κ2) is 5.63. The molecule has 84 valence electrons. The van der Waals surface area contributed by atoms with Crippen molar-refractivity contribution >= 4 is 5.82 Å². The van der Waals surface area contributed by atoms with Crippen LogP contribution >= 0.6 is 0 Å². The lowest BCUT2D eigenvalue weighted by atomic mass is 10.3. The molecule has 1 rings (SSSR count). The number of rotatable bonds is 5. The molecule has 1 atom stereocenters. The first-order valence-corrected chi connectivity index (χ1v) is 4.71. The average Bonchev–Trinajstić information content (AvgIpc) is 2.18. The molecule has 1 heterocycles. The van der Waals surface area contributed by atoms with Crippen LogP contribution in [-0.4, -0.2) is 38.3 Å². The molecule has 0 aliphatic heterocycles. The van der Waals surface area contributed by atoms with Gasteiger partial charge in [-0.1, -0.05) is 0 Å². The molecule has 0 bridgehead atoms. The van der Waals surface area contributed by atoms with E-state index >= 15 is 0 Å². The zero-order valence-corrected chi connectivity index (χ0v) is 8.98. The van der Waals surface area contributed by atoms with E-state index in [4.69, 9.17) is 10.5 Å². The number of methoxy groups -OCH3 is 1. The van der Waals surface area contributed by atoms with Crippen molar-refractivity contribution < 1.29 is 9.13 Å². The van der Waals surface area contributed by atoms with Crippen molar-refractivity contribution in [2.24, 2.45) is 5.73 Å². The monoisotopic (exact) mass is 213 g/mol. The first-order chi connectivity index (χ1) is 7.15. The maximum absolute atomic E-state index is 13.3. The van der Waals surface area contributed by atoms with Gasteiger partial charge in [-0.25, -0.2) is 9.37 Å². The summed E-state index contributed by atoms with van der Waals surface area (Å²) in [5.41, 5.74) is 5.76. The molecule has 5 heteroatoms. The topological polar surface area (TPSA) is 51.4 Å². The molecule has 0 aliphatic rings. The Kier molecular flexibility index (Phi) is 4.45. The summed E-state index contributed by atoms with van der Waals surface area (Å²) in [7, 11) is 3.34. The van der Waals surface area contributed by atoms with Crippen LogP contribution in [0.4, 0.5) is 10.2 Å². The Morgan fingerprint density at radius 3 is 3.00 bits per heavy atom. The number of anilines is 1. The first-order valence-electron chi connectivity index (χ1n) is 4.71. The van der Waals surface area contributed by atoms with Crippen molar-refractivity contribution in [1.29, 1.82) is 0 Å². The summed E-state index contributed by atoms with van der Waals surface area (Å²) >= 11 is 0. The van der Waals surface area contributed by atoms with Crippen LogP contribution in [0.5, 0.6) is 0 Å². The Labute approximate surface area is 88.9 Å². The molecule has 0 fully saturated rings. The number of nitrogens with two attached hydrogens (primary N) is 1. The van der Waals surface area contributed by atoms with Crippen molar-refractivity contribution in [1.82, 2.24) is 4.98 Å². The van der Waals surface area contributed by atoms with Gasteiger partial charge >= 0.3 is 0 Å². The Morgan fingerprint density at radius 1 is 1.67 bits per heavy atom. The minimum atomic E-state index is -0.343. The second-order valence-electron chi connectivity index (χ2n) is 3.40. The van der Waals surface area contributed by atoms with Crippen LogP contribution in [0.1, 0.15) is 0 Å². The van der Waals surface area contributed by atoms with E-state index in [0.29, 0.717) is 19.0 Å². The quantitative estimate of drug-likeness (QED) is 0.779. The number of hydrogen-bond acceptors (Lipinski definition) is 4. The summed E-state index contributed by atoms with van der Waals surface area (Å²) in [5.74, 6) is -0.0336. The predicted molar refractivity (Wildman–Crippen MR) is 57.3 cm³/mol. The lowest BCUT2D eigenvalue weighted by Gasteiger charge is -2.22. The van der Waals surface area contributed by atoms with Gasteiger partial charge in [-0.3, -0.25) is 0 Å². The Bertz CT molecular complexity index is 308. The Hall–Kier alpha value is -1.20. The van der Waals surface area contributed by atoms with E-state index in [0.717, 1.165) is 0 Å². The van der Waals surface area contributed by atoms with Crippen molar-refractivity contribution in [2.45, 2.75) is 6.04 Å². The molecule has 0 radical (unpaired) electrons. The molecule has 0 spiro atoms. The van der Waals surface area contributed by atoms with E-state index in [1.165, 1.54) is 6.07 Å². The summed E-state index contributed by atoms with van der Waals surface area (Å²) in [6.45, 7) is 0.945. The third kappa shape index (κ3) is 3.45. The highest BCUT2D eigenvalue weighted by Crippen LogP contribution is 2.13. The normalized spacial score (nSPS) is 12.5. The number of aromatic nitrogens is 1. The second-order valence-corrected chi connectivity index (χ2v) is 3.40. The molecule has 0 amide bonds. The highest BCUT2D eigenvalue weighted by Gasteiger charge is 2.11. The van der Waals surface area contributed by atoms with Crippen LogP contribution in [-0.2, 0) is 4.74 Å². The van der Waals surface area contributed by atoms with Crippen LogP contribution < -0.4 is 10.6 Å². The fourth-order valence-electron chi connectivity index (χ4n) is 1.36. The molecular weight excluding hydrogens is 197 g/mol. The molecular formula is C10H16FN3O. The highest BCUT2D eigenvalue weighted by molar-refractivity contribution is 5.38. The predicted octanol–water partition coefficient (Wildman–Crippen LogP) is 0.631. The van der Waals surface area contributed by atoms with Crippen molar-refractivity contribution in [3.63, 3.8) is 0 Å². The molecule has 0 aromatic carbocycles. The van der Waals surface area contributed by atoms with Crippen LogP contribution in [0, 0.1) is 5.82 Å². The van der Waals surface area contributed by atoms with Gasteiger partial charge in [0.2, 0.25) is 0 Å². The third-order valence-electron chi connectivity index (χ3n) is 1.99. The van der Waals surface area contributed by atoms with Crippen molar-refractivity contribution in [3.8, 4) is 0 Å². The SMILES string of the molecule is COCC(N)CN(C)c1ncccc1F. The number of ether oxygens (including phenoxy) is 1. The molecule has 1 aromatic rings. The van der Waals surface area contributed by atoms with E-state index in [2.05, 4.69) is 4.98 Å². The maximum atomic E-state index is 13.3. The largest absolute Gasteiger partial charge is 0.383 e. The number of nitrogens with zero attached hydrogens (tertiary/aromatic N) is 2. The first kappa shape index (κ1) is 11.9. The van der Waals surface area contributed by atoms with Crippen molar-refractivity contribution in [3.05, 3.63) is 24.1 Å².